The van der Waals surface area contributed by atoms with E-state index in [0.29, 0.717) is 19.8 Å². The van der Waals surface area contributed by atoms with Crippen LogP contribution in [0, 0.1) is 0 Å². The molecule has 0 aliphatic rings. The zero-order chi connectivity index (χ0) is 11.8. The number of ether oxygens (including phenoxy) is 3. The first-order valence-corrected chi connectivity index (χ1v) is 5.34. The molecule has 90 valence electrons. The van der Waals surface area contributed by atoms with Gasteiger partial charge in [0.25, 0.3) is 0 Å². The van der Waals surface area contributed by atoms with Crippen LogP contribution >= 0.6 is 0 Å². The van der Waals surface area contributed by atoms with E-state index in [9.17, 15) is 0 Å². The predicted octanol–water partition coefficient (Wildman–Crippen LogP) is 1.44. The summed E-state index contributed by atoms with van der Waals surface area (Å²) >= 11 is 0. The molecule has 2 N–H and O–H groups in total. The van der Waals surface area contributed by atoms with Gasteiger partial charge in [-0.15, -0.1) is 0 Å². The van der Waals surface area contributed by atoms with Crippen LogP contribution in [0.2, 0.25) is 0 Å². The third kappa shape index (κ3) is 4.51. The second kappa shape index (κ2) is 7.09. The van der Waals surface area contributed by atoms with E-state index in [1.807, 2.05) is 31.2 Å². The fourth-order valence-corrected chi connectivity index (χ4v) is 1.15. The second-order valence-corrected chi connectivity index (χ2v) is 3.44. The third-order valence-corrected chi connectivity index (χ3v) is 2.15. The molecule has 0 saturated heterocycles. The van der Waals surface area contributed by atoms with Crippen LogP contribution in [0.3, 0.4) is 0 Å². The molecule has 0 aromatic heterocycles. The first kappa shape index (κ1) is 12.8. The van der Waals surface area contributed by atoms with Crippen LogP contribution in [-0.2, 0) is 4.74 Å². The number of benzene rings is 1. The van der Waals surface area contributed by atoms with Crippen molar-refractivity contribution < 1.29 is 14.2 Å². The van der Waals surface area contributed by atoms with Crippen LogP contribution in [0.4, 0.5) is 0 Å². The average Bonchev–Trinajstić information content (AvgIpc) is 2.35. The number of rotatable bonds is 7. The molecular formula is C12H19NO3. The summed E-state index contributed by atoms with van der Waals surface area (Å²) in [5.41, 5.74) is 5.42. The van der Waals surface area contributed by atoms with Gasteiger partial charge in [0.1, 0.15) is 18.1 Å². The number of methoxy groups -OCH3 is 1. The molecule has 0 fully saturated rings. The van der Waals surface area contributed by atoms with E-state index >= 15 is 0 Å². The van der Waals surface area contributed by atoms with Crippen LogP contribution < -0.4 is 15.2 Å². The lowest BCUT2D eigenvalue weighted by molar-refractivity contribution is 0.0496. The highest BCUT2D eigenvalue weighted by atomic mass is 16.5. The molecule has 0 aliphatic heterocycles. The smallest absolute Gasteiger partial charge is 0.119 e. The Hall–Kier alpha value is -1.26. The Bertz CT molecular complexity index is 287. The number of hydrogen-bond donors (Lipinski definition) is 1. The highest BCUT2D eigenvalue weighted by molar-refractivity contribution is 5.31. The second-order valence-electron chi connectivity index (χ2n) is 3.44. The van der Waals surface area contributed by atoms with Crippen LogP contribution in [-0.4, -0.2) is 33.0 Å². The van der Waals surface area contributed by atoms with Crippen LogP contribution in [0.1, 0.15) is 6.92 Å². The van der Waals surface area contributed by atoms with Gasteiger partial charge in [0.15, 0.2) is 0 Å². The summed E-state index contributed by atoms with van der Waals surface area (Å²) in [7, 11) is 1.64. The van der Waals surface area contributed by atoms with Crippen LogP contribution in [0.5, 0.6) is 11.5 Å². The van der Waals surface area contributed by atoms with Gasteiger partial charge >= 0.3 is 0 Å². The van der Waals surface area contributed by atoms with Crippen molar-refractivity contribution in [3.8, 4) is 11.5 Å². The Morgan fingerprint density at radius 1 is 1.12 bits per heavy atom. The van der Waals surface area contributed by atoms with Gasteiger partial charge in [0.2, 0.25) is 0 Å². The molecule has 0 saturated carbocycles. The normalized spacial score (nSPS) is 12.2. The first-order chi connectivity index (χ1) is 7.76. The van der Waals surface area contributed by atoms with Gasteiger partial charge in [0, 0.05) is 6.54 Å². The van der Waals surface area contributed by atoms with Gasteiger partial charge in [-0.05, 0) is 31.2 Å². The minimum Gasteiger partial charge on any atom is -0.497 e. The zero-order valence-corrected chi connectivity index (χ0v) is 9.81. The van der Waals surface area contributed by atoms with Gasteiger partial charge in [-0.2, -0.15) is 0 Å². The number of nitrogens with two attached hydrogens (primary N) is 1. The van der Waals surface area contributed by atoms with E-state index < -0.39 is 0 Å². The predicted molar refractivity (Wildman–Crippen MR) is 63.0 cm³/mol. The van der Waals surface area contributed by atoms with E-state index in [2.05, 4.69) is 0 Å². The molecule has 1 unspecified atom stereocenters. The maximum Gasteiger partial charge on any atom is 0.119 e. The maximum absolute atomic E-state index is 5.48. The van der Waals surface area contributed by atoms with E-state index in [0.717, 1.165) is 11.5 Å². The molecule has 4 heteroatoms. The maximum atomic E-state index is 5.48. The molecule has 1 aromatic rings. The topological polar surface area (TPSA) is 53.7 Å². The minimum atomic E-state index is 0.0828. The highest BCUT2D eigenvalue weighted by Crippen LogP contribution is 2.16. The van der Waals surface area contributed by atoms with Crippen molar-refractivity contribution in [3.63, 3.8) is 0 Å². The molecule has 0 spiro atoms. The van der Waals surface area contributed by atoms with Gasteiger partial charge < -0.3 is 19.9 Å². The van der Waals surface area contributed by atoms with Crippen LogP contribution in [0.15, 0.2) is 24.3 Å². The lowest BCUT2D eigenvalue weighted by Crippen LogP contribution is -2.22. The van der Waals surface area contributed by atoms with Crippen molar-refractivity contribution in [2.75, 3.05) is 26.9 Å². The van der Waals surface area contributed by atoms with E-state index in [1.54, 1.807) is 7.11 Å². The third-order valence-electron chi connectivity index (χ3n) is 2.15. The summed E-state index contributed by atoms with van der Waals surface area (Å²) in [4.78, 5) is 0. The molecular weight excluding hydrogens is 206 g/mol. The van der Waals surface area contributed by atoms with Gasteiger partial charge in [-0.1, -0.05) is 0 Å². The SMILES string of the molecule is COc1ccc(OCCOC(C)CN)cc1. The van der Waals surface area contributed by atoms with Gasteiger partial charge in [0.05, 0.1) is 19.8 Å². The molecule has 1 atom stereocenters. The van der Waals surface area contributed by atoms with Crippen molar-refractivity contribution in [2.45, 2.75) is 13.0 Å². The van der Waals surface area contributed by atoms with Crippen molar-refractivity contribution >= 4 is 0 Å². The van der Waals surface area contributed by atoms with E-state index in [1.165, 1.54) is 0 Å². The molecule has 0 bridgehead atoms. The Morgan fingerprint density at radius 3 is 2.31 bits per heavy atom. The average molecular weight is 225 g/mol. The Kier molecular flexibility index (Phi) is 5.67. The summed E-state index contributed by atoms with van der Waals surface area (Å²) in [6, 6.07) is 7.45. The molecule has 0 aliphatic carbocycles. The quantitative estimate of drug-likeness (QED) is 0.713. The summed E-state index contributed by atoms with van der Waals surface area (Å²) in [6.07, 6.45) is 0.0828. The Labute approximate surface area is 96.3 Å². The minimum absolute atomic E-state index is 0.0828. The van der Waals surface area contributed by atoms with Crippen molar-refractivity contribution in [1.82, 2.24) is 0 Å². The van der Waals surface area contributed by atoms with Crippen molar-refractivity contribution in [2.24, 2.45) is 5.73 Å². The van der Waals surface area contributed by atoms with Gasteiger partial charge in [-0.25, -0.2) is 0 Å². The van der Waals surface area contributed by atoms with Crippen LogP contribution in [0.25, 0.3) is 0 Å². The molecule has 0 amide bonds. The molecule has 0 radical (unpaired) electrons. The first-order valence-electron chi connectivity index (χ1n) is 5.34. The molecule has 0 heterocycles. The molecule has 1 rings (SSSR count). The summed E-state index contributed by atoms with van der Waals surface area (Å²) in [5.74, 6) is 1.63. The summed E-state index contributed by atoms with van der Waals surface area (Å²) in [5, 5.41) is 0. The van der Waals surface area contributed by atoms with E-state index in [4.69, 9.17) is 19.9 Å². The fourth-order valence-electron chi connectivity index (χ4n) is 1.15. The Morgan fingerprint density at radius 2 is 1.75 bits per heavy atom. The summed E-state index contributed by atoms with van der Waals surface area (Å²) in [6.45, 7) is 3.54. The zero-order valence-electron chi connectivity index (χ0n) is 9.81. The largest absolute Gasteiger partial charge is 0.497 e. The molecule has 4 nitrogen and oxygen atoms in total. The molecule has 16 heavy (non-hydrogen) atoms. The Balaban J connectivity index is 2.21. The lowest BCUT2D eigenvalue weighted by Gasteiger charge is -2.11. The summed E-state index contributed by atoms with van der Waals surface area (Å²) < 4.78 is 15.9. The highest BCUT2D eigenvalue weighted by Gasteiger charge is 1.99. The number of hydrogen-bond acceptors (Lipinski definition) is 4. The van der Waals surface area contributed by atoms with Crippen molar-refractivity contribution in [3.05, 3.63) is 24.3 Å². The standard InChI is InChI=1S/C12H19NO3/c1-10(9-13)15-7-8-16-12-5-3-11(14-2)4-6-12/h3-6,10H,7-9,13H2,1-2H3. The fraction of sp³-hybridized carbons (Fsp3) is 0.500. The lowest BCUT2D eigenvalue weighted by atomic mass is 10.3. The molecule has 1 aromatic carbocycles. The van der Waals surface area contributed by atoms with E-state index in [-0.39, 0.29) is 6.10 Å². The monoisotopic (exact) mass is 225 g/mol. The van der Waals surface area contributed by atoms with Gasteiger partial charge in [-0.3, -0.25) is 0 Å². The van der Waals surface area contributed by atoms with Crippen molar-refractivity contribution in [1.29, 1.82) is 0 Å².